The van der Waals surface area contributed by atoms with Crippen molar-refractivity contribution in [3.63, 3.8) is 0 Å². The van der Waals surface area contributed by atoms with Crippen LogP contribution in [0.25, 0.3) is 0 Å². The van der Waals surface area contributed by atoms with Gasteiger partial charge in [-0.3, -0.25) is 0 Å². The highest BCUT2D eigenvalue weighted by molar-refractivity contribution is 8.13. The molecule has 1 aliphatic rings. The highest BCUT2D eigenvalue weighted by Crippen LogP contribution is 2.25. The van der Waals surface area contributed by atoms with Crippen molar-refractivity contribution in [2.24, 2.45) is 0 Å². The molecule has 0 aliphatic carbocycles. The van der Waals surface area contributed by atoms with Gasteiger partial charge in [-0.2, -0.15) is 0 Å². The summed E-state index contributed by atoms with van der Waals surface area (Å²) in [5, 5.41) is 0. The summed E-state index contributed by atoms with van der Waals surface area (Å²) in [7, 11) is 3.13. The summed E-state index contributed by atoms with van der Waals surface area (Å²) in [4.78, 5) is 0. The number of halogens is 1. The van der Waals surface area contributed by atoms with Crippen molar-refractivity contribution < 1.29 is 17.9 Å². The third kappa shape index (κ3) is 3.42. The largest absolute Gasteiger partial charge is 0.378 e. The van der Waals surface area contributed by atoms with Crippen LogP contribution in [0.3, 0.4) is 0 Å². The maximum atomic E-state index is 10.9. The minimum atomic E-state index is -3.53. The lowest BCUT2D eigenvalue weighted by Gasteiger charge is -2.34. The molecule has 1 unspecified atom stereocenters. The summed E-state index contributed by atoms with van der Waals surface area (Å²) in [6.45, 7) is 0.961. The second-order valence-corrected chi connectivity index (χ2v) is 6.00. The maximum Gasteiger partial charge on any atom is 0.235 e. The van der Waals surface area contributed by atoms with Gasteiger partial charge in [0.25, 0.3) is 0 Å². The second kappa shape index (κ2) is 4.13. The Bertz CT molecular complexity index is 256. The van der Waals surface area contributed by atoms with Crippen LogP contribution in [0.1, 0.15) is 12.8 Å². The minimum Gasteiger partial charge on any atom is -0.378 e. The number of rotatable bonds is 3. The predicted octanol–water partition coefficient (Wildman–Crippen LogP) is 0.751. The van der Waals surface area contributed by atoms with E-state index in [2.05, 4.69) is 0 Å². The molecule has 0 spiro atoms. The summed E-state index contributed by atoms with van der Waals surface area (Å²) in [6.07, 6.45) is 1.48. The molecule has 4 nitrogen and oxygen atoms in total. The van der Waals surface area contributed by atoms with Gasteiger partial charge in [-0.05, 0) is 12.8 Å². The van der Waals surface area contributed by atoms with E-state index in [9.17, 15) is 8.42 Å². The van der Waals surface area contributed by atoms with Gasteiger partial charge in [0.05, 0.1) is 12.4 Å². The van der Waals surface area contributed by atoms with Crippen LogP contribution in [0.15, 0.2) is 0 Å². The molecule has 1 atom stereocenters. The molecule has 0 aromatic rings. The van der Waals surface area contributed by atoms with Crippen LogP contribution in [0.4, 0.5) is 0 Å². The fourth-order valence-corrected chi connectivity index (χ4v) is 3.05. The zero-order valence-electron chi connectivity index (χ0n) is 7.45. The van der Waals surface area contributed by atoms with E-state index in [1.807, 2.05) is 0 Å². The molecule has 0 N–H and O–H groups in total. The first-order chi connectivity index (χ1) is 5.97. The first kappa shape index (κ1) is 11.2. The quantitative estimate of drug-likeness (QED) is 0.669. The molecule has 13 heavy (non-hydrogen) atoms. The van der Waals surface area contributed by atoms with Crippen molar-refractivity contribution in [2.75, 3.05) is 26.1 Å². The molecule has 6 heteroatoms. The molecular formula is C7H13ClO4S. The summed E-state index contributed by atoms with van der Waals surface area (Å²) >= 11 is 0. The topological polar surface area (TPSA) is 52.6 Å². The molecule has 1 rings (SSSR count). The Morgan fingerprint density at radius 2 is 2.31 bits per heavy atom. The molecule has 1 fully saturated rings. The molecule has 0 saturated carbocycles. The van der Waals surface area contributed by atoms with Gasteiger partial charge in [0.15, 0.2) is 0 Å². The summed E-state index contributed by atoms with van der Waals surface area (Å²) < 4.78 is 32.1. The van der Waals surface area contributed by atoms with Crippen molar-refractivity contribution in [3.05, 3.63) is 0 Å². The zero-order valence-corrected chi connectivity index (χ0v) is 9.03. The zero-order chi connectivity index (χ0) is 9.95. The van der Waals surface area contributed by atoms with E-state index < -0.39 is 14.7 Å². The van der Waals surface area contributed by atoms with Crippen LogP contribution in [0.5, 0.6) is 0 Å². The lowest BCUT2D eigenvalue weighted by molar-refractivity contribution is -0.0949. The molecule has 1 heterocycles. The highest BCUT2D eigenvalue weighted by atomic mass is 35.7. The molecule has 0 aromatic carbocycles. The van der Waals surface area contributed by atoms with E-state index in [-0.39, 0.29) is 5.75 Å². The number of ether oxygens (including phenoxy) is 2. The average molecular weight is 229 g/mol. The third-order valence-corrected chi connectivity index (χ3v) is 3.35. The molecule has 1 saturated heterocycles. The minimum absolute atomic E-state index is 0.182. The van der Waals surface area contributed by atoms with Gasteiger partial charge >= 0.3 is 0 Å². The molecule has 78 valence electrons. The van der Waals surface area contributed by atoms with Gasteiger partial charge < -0.3 is 9.47 Å². The molecule has 0 amide bonds. The summed E-state index contributed by atoms with van der Waals surface area (Å²) in [6, 6.07) is 0. The van der Waals surface area contributed by atoms with Crippen LogP contribution >= 0.6 is 10.7 Å². The van der Waals surface area contributed by atoms with Gasteiger partial charge in [0.2, 0.25) is 9.05 Å². The van der Waals surface area contributed by atoms with Crippen LogP contribution < -0.4 is 0 Å². The van der Waals surface area contributed by atoms with Crippen LogP contribution in [0, 0.1) is 0 Å². The van der Waals surface area contributed by atoms with Crippen LogP contribution in [-0.4, -0.2) is 40.1 Å². The van der Waals surface area contributed by atoms with Crippen molar-refractivity contribution in [3.8, 4) is 0 Å². The predicted molar refractivity (Wildman–Crippen MR) is 49.4 cm³/mol. The average Bonchev–Trinajstić information content (AvgIpc) is 2.03. The van der Waals surface area contributed by atoms with Gasteiger partial charge in [-0.1, -0.05) is 0 Å². The number of methoxy groups -OCH3 is 1. The van der Waals surface area contributed by atoms with Crippen molar-refractivity contribution >= 4 is 19.7 Å². The number of hydrogen-bond donors (Lipinski definition) is 0. The Morgan fingerprint density at radius 3 is 2.69 bits per heavy atom. The molecule has 0 bridgehead atoms. The van der Waals surface area contributed by atoms with E-state index in [1.165, 1.54) is 7.11 Å². The van der Waals surface area contributed by atoms with E-state index in [4.69, 9.17) is 20.2 Å². The van der Waals surface area contributed by atoms with Gasteiger partial charge in [0.1, 0.15) is 5.60 Å². The lowest BCUT2D eigenvalue weighted by atomic mass is 9.99. The molecular weight excluding hydrogens is 216 g/mol. The van der Waals surface area contributed by atoms with E-state index in [0.29, 0.717) is 19.6 Å². The highest BCUT2D eigenvalue weighted by Gasteiger charge is 2.37. The fourth-order valence-electron chi connectivity index (χ4n) is 1.47. The smallest absolute Gasteiger partial charge is 0.235 e. The Labute approximate surface area is 82.6 Å². The molecule has 1 aliphatic heterocycles. The Morgan fingerprint density at radius 1 is 1.62 bits per heavy atom. The van der Waals surface area contributed by atoms with Gasteiger partial charge in [-0.25, -0.2) is 8.42 Å². The SMILES string of the molecule is COC1(CS(=O)(=O)Cl)CCCOC1. The molecule has 0 radical (unpaired) electrons. The monoisotopic (exact) mass is 228 g/mol. The van der Waals surface area contributed by atoms with Crippen LogP contribution in [-0.2, 0) is 18.5 Å². The fraction of sp³-hybridized carbons (Fsp3) is 1.00. The van der Waals surface area contributed by atoms with Crippen molar-refractivity contribution in [2.45, 2.75) is 18.4 Å². The van der Waals surface area contributed by atoms with E-state index in [0.717, 1.165) is 6.42 Å². The van der Waals surface area contributed by atoms with Crippen molar-refractivity contribution in [1.29, 1.82) is 0 Å². The van der Waals surface area contributed by atoms with Crippen LogP contribution in [0.2, 0.25) is 0 Å². The van der Waals surface area contributed by atoms with E-state index >= 15 is 0 Å². The third-order valence-electron chi connectivity index (χ3n) is 2.15. The molecule has 0 aromatic heterocycles. The Balaban J connectivity index is 2.68. The van der Waals surface area contributed by atoms with Gasteiger partial charge in [0, 0.05) is 24.4 Å². The second-order valence-electron chi connectivity index (χ2n) is 3.23. The lowest BCUT2D eigenvalue weighted by Crippen LogP contribution is -2.45. The van der Waals surface area contributed by atoms with Gasteiger partial charge in [-0.15, -0.1) is 0 Å². The standard InChI is InChI=1S/C7H13ClO4S/c1-11-7(6-13(8,9)10)3-2-4-12-5-7/h2-6H2,1H3. The van der Waals surface area contributed by atoms with Crippen molar-refractivity contribution in [1.82, 2.24) is 0 Å². The first-order valence-corrected chi connectivity index (χ1v) is 6.51. The van der Waals surface area contributed by atoms with E-state index in [1.54, 1.807) is 0 Å². The summed E-state index contributed by atoms with van der Waals surface area (Å²) in [5.41, 5.74) is -0.737. The Kier molecular flexibility index (Phi) is 3.57. The first-order valence-electron chi connectivity index (χ1n) is 4.03. The normalized spacial score (nSPS) is 30.3. The number of hydrogen-bond acceptors (Lipinski definition) is 4. The maximum absolute atomic E-state index is 10.9. The Hall–Kier alpha value is 0.160. The summed E-state index contributed by atoms with van der Waals surface area (Å²) in [5.74, 6) is -0.182.